The molecule has 0 aromatic heterocycles. The number of sulfonamides is 1. The van der Waals surface area contributed by atoms with Crippen molar-refractivity contribution in [1.82, 2.24) is 9.21 Å². The van der Waals surface area contributed by atoms with Gasteiger partial charge in [-0.05, 0) is 56.2 Å². The lowest BCUT2D eigenvalue weighted by Gasteiger charge is -2.32. The molecule has 172 valence electrons. The molecule has 0 aliphatic carbocycles. The summed E-state index contributed by atoms with van der Waals surface area (Å²) in [6, 6.07) is 10.6. The van der Waals surface area contributed by atoms with Crippen LogP contribution in [0, 0.1) is 0 Å². The smallest absolute Gasteiger partial charge is 0.254 e. The number of carbonyl (C=O) groups excluding carboxylic acids is 2. The summed E-state index contributed by atoms with van der Waals surface area (Å²) in [6.45, 7) is 2.17. The summed E-state index contributed by atoms with van der Waals surface area (Å²) in [5, 5.41) is 3.19. The molecule has 7 nitrogen and oxygen atoms in total. The predicted octanol–water partition coefficient (Wildman–Crippen LogP) is 4.27. The molecule has 1 aliphatic heterocycles. The van der Waals surface area contributed by atoms with Gasteiger partial charge < -0.3 is 10.2 Å². The number of nitrogens with zero attached hydrogens (tertiary/aromatic N) is 2. The average Bonchev–Trinajstić information content (AvgIpc) is 2.76. The maximum Gasteiger partial charge on any atom is 0.254 e. The van der Waals surface area contributed by atoms with Crippen LogP contribution >= 0.6 is 23.2 Å². The van der Waals surface area contributed by atoms with E-state index in [0.29, 0.717) is 16.6 Å². The first-order chi connectivity index (χ1) is 15.1. The molecule has 0 saturated carbocycles. The van der Waals surface area contributed by atoms with Gasteiger partial charge in [-0.3, -0.25) is 9.59 Å². The summed E-state index contributed by atoms with van der Waals surface area (Å²) in [6.07, 6.45) is 2.69. The SMILES string of the molecule is C[C@@H]1CCCCN1S(=O)(=O)c1ccc(C(=O)N(C)CC(=O)Nc2c(Cl)cccc2Cl)cc1. The molecule has 32 heavy (non-hydrogen) atoms. The first-order valence-corrected chi connectivity index (χ1v) is 12.4. The van der Waals surface area contributed by atoms with E-state index in [1.807, 2.05) is 6.92 Å². The molecule has 1 fully saturated rings. The Morgan fingerprint density at radius 1 is 1.09 bits per heavy atom. The van der Waals surface area contributed by atoms with Crippen LogP contribution in [0.25, 0.3) is 0 Å². The van der Waals surface area contributed by atoms with E-state index in [1.54, 1.807) is 18.2 Å². The second kappa shape index (κ2) is 10.2. The molecule has 1 N–H and O–H groups in total. The van der Waals surface area contributed by atoms with E-state index in [4.69, 9.17) is 23.2 Å². The number of piperidine rings is 1. The highest BCUT2D eigenvalue weighted by molar-refractivity contribution is 7.89. The van der Waals surface area contributed by atoms with Gasteiger partial charge in [0.2, 0.25) is 15.9 Å². The molecule has 0 radical (unpaired) electrons. The molecule has 0 bridgehead atoms. The van der Waals surface area contributed by atoms with Crippen molar-refractivity contribution in [2.45, 2.75) is 37.1 Å². The molecule has 2 aromatic carbocycles. The van der Waals surface area contributed by atoms with Crippen LogP contribution in [-0.2, 0) is 14.8 Å². The van der Waals surface area contributed by atoms with Crippen molar-refractivity contribution in [3.63, 3.8) is 0 Å². The molecule has 3 rings (SSSR count). The van der Waals surface area contributed by atoms with Crippen LogP contribution in [0.1, 0.15) is 36.5 Å². The summed E-state index contributed by atoms with van der Waals surface area (Å²) in [5.74, 6) is -0.880. The van der Waals surface area contributed by atoms with Crippen LogP contribution in [0.3, 0.4) is 0 Å². The zero-order chi connectivity index (χ0) is 23.5. The van der Waals surface area contributed by atoms with Gasteiger partial charge in [-0.25, -0.2) is 8.42 Å². The number of para-hydroxylation sites is 1. The van der Waals surface area contributed by atoms with Gasteiger partial charge in [0.15, 0.2) is 0 Å². The summed E-state index contributed by atoms with van der Waals surface area (Å²) < 4.78 is 27.4. The Morgan fingerprint density at radius 2 is 1.72 bits per heavy atom. The number of hydrogen-bond acceptors (Lipinski definition) is 4. The van der Waals surface area contributed by atoms with E-state index in [0.717, 1.165) is 19.3 Å². The second-order valence-corrected chi connectivity index (χ2v) is 10.5. The van der Waals surface area contributed by atoms with E-state index >= 15 is 0 Å². The Bertz CT molecular complexity index is 1090. The van der Waals surface area contributed by atoms with Crippen molar-refractivity contribution in [2.24, 2.45) is 0 Å². The minimum atomic E-state index is -3.62. The lowest BCUT2D eigenvalue weighted by molar-refractivity contribution is -0.116. The third-order valence-electron chi connectivity index (χ3n) is 5.40. The van der Waals surface area contributed by atoms with Crippen molar-refractivity contribution < 1.29 is 18.0 Å². The van der Waals surface area contributed by atoms with Gasteiger partial charge >= 0.3 is 0 Å². The minimum Gasteiger partial charge on any atom is -0.332 e. The largest absolute Gasteiger partial charge is 0.332 e. The van der Waals surface area contributed by atoms with E-state index < -0.39 is 21.8 Å². The van der Waals surface area contributed by atoms with Crippen molar-refractivity contribution >= 4 is 50.7 Å². The molecule has 2 aromatic rings. The van der Waals surface area contributed by atoms with Gasteiger partial charge in [0.25, 0.3) is 5.91 Å². The molecule has 1 atom stereocenters. The van der Waals surface area contributed by atoms with E-state index in [2.05, 4.69) is 5.32 Å². The highest BCUT2D eigenvalue weighted by Gasteiger charge is 2.31. The van der Waals surface area contributed by atoms with Crippen LogP contribution in [0.15, 0.2) is 47.4 Å². The first kappa shape index (κ1) is 24.5. The number of carbonyl (C=O) groups is 2. The quantitative estimate of drug-likeness (QED) is 0.645. The first-order valence-electron chi connectivity index (χ1n) is 10.2. The summed E-state index contributed by atoms with van der Waals surface area (Å²) in [7, 11) is -2.13. The summed E-state index contributed by atoms with van der Waals surface area (Å²) in [4.78, 5) is 26.4. The maximum atomic E-state index is 12.9. The third-order valence-corrected chi connectivity index (χ3v) is 8.06. The van der Waals surface area contributed by atoms with E-state index in [1.165, 1.54) is 40.5 Å². The molecule has 1 heterocycles. The number of hydrogen-bond donors (Lipinski definition) is 1. The van der Waals surface area contributed by atoms with Crippen molar-refractivity contribution in [1.29, 1.82) is 0 Å². The number of anilines is 1. The fourth-order valence-electron chi connectivity index (χ4n) is 3.64. The molecule has 1 aliphatic rings. The number of amides is 2. The number of rotatable bonds is 6. The van der Waals surface area contributed by atoms with Gasteiger partial charge in [-0.15, -0.1) is 0 Å². The predicted molar refractivity (Wildman–Crippen MR) is 126 cm³/mol. The van der Waals surface area contributed by atoms with Crippen LogP contribution < -0.4 is 5.32 Å². The summed E-state index contributed by atoms with van der Waals surface area (Å²) in [5.41, 5.74) is 0.560. The lowest BCUT2D eigenvalue weighted by Crippen LogP contribution is -2.41. The van der Waals surface area contributed by atoms with Gasteiger partial charge in [0.05, 0.1) is 27.2 Å². The standard InChI is InChI=1S/C22H25Cl2N3O4S/c1-15-6-3-4-13-27(15)32(30,31)17-11-9-16(10-12-17)22(29)26(2)14-20(28)25-21-18(23)7-5-8-19(21)24/h5,7-12,15H,3-4,6,13-14H2,1-2H3,(H,25,28)/t15-/m1/s1. The molecule has 2 amide bonds. The maximum absolute atomic E-state index is 12.9. The van der Waals surface area contributed by atoms with Crippen LogP contribution in [0.5, 0.6) is 0 Å². The number of nitrogens with one attached hydrogen (secondary N) is 1. The molecule has 1 saturated heterocycles. The molecular formula is C22H25Cl2N3O4S. The summed E-state index contributed by atoms with van der Waals surface area (Å²) >= 11 is 12.1. The monoisotopic (exact) mass is 497 g/mol. The van der Waals surface area contributed by atoms with Gasteiger partial charge in [-0.2, -0.15) is 4.31 Å². The Kier molecular flexibility index (Phi) is 7.82. The normalized spacial score (nSPS) is 17.1. The highest BCUT2D eigenvalue weighted by Crippen LogP contribution is 2.30. The van der Waals surface area contributed by atoms with Crippen LogP contribution in [-0.4, -0.2) is 55.6 Å². The number of likely N-dealkylation sites (N-methyl/N-ethyl adjacent to an activating group) is 1. The molecule has 0 spiro atoms. The van der Waals surface area contributed by atoms with Gasteiger partial charge in [0, 0.05) is 25.2 Å². The Hall–Kier alpha value is -2.13. The average molecular weight is 498 g/mol. The minimum absolute atomic E-state index is 0.0497. The third kappa shape index (κ3) is 5.43. The fourth-order valence-corrected chi connectivity index (χ4v) is 5.83. The molecule has 0 unspecified atom stereocenters. The van der Waals surface area contributed by atoms with Gasteiger partial charge in [0.1, 0.15) is 0 Å². The topological polar surface area (TPSA) is 86.8 Å². The van der Waals surface area contributed by atoms with Crippen molar-refractivity contribution in [3.05, 3.63) is 58.1 Å². The highest BCUT2D eigenvalue weighted by atomic mass is 35.5. The molecule has 10 heteroatoms. The van der Waals surface area contributed by atoms with Crippen molar-refractivity contribution in [3.8, 4) is 0 Å². The second-order valence-electron chi connectivity index (χ2n) is 7.79. The van der Waals surface area contributed by atoms with Crippen LogP contribution in [0.4, 0.5) is 5.69 Å². The van der Waals surface area contributed by atoms with Gasteiger partial charge in [-0.1, -0.05) is 35.7 Å². The Balaban J connectivity index is 1.66. The van der Waals surface area contributed by atoms with Crippen LogP contribution in [0.2, 0.25) is 10.0 Å². The zero-order valence-electron chi connectivity index (χ0n) is 17.8. The zero-order valence-corrected chi connectivity index (χ0v) is 20.2. The van der Waals surface area contributed by atoms with Crippen molar-refractivity contribution in [2.75, 3.05) is 25.5 Å². The lowest BCUT2D eigenvalue weighted by atomic mass is 10.1. The van der Waals surface area contributed by atoms with E-state index in [9.17, 15) is 18.0 Å². The Labute approximate surface area is 198 Å². The Morgan fingerprint density at radius 3 is 2.31 bits per heavy atom. The van der Waals surface area contributed by atoms with E-state index in [-0.39, 0.29) is 28.7 Å². The number of benzene rings is 2. The number of halogens is 2. The fraction of sp³-hybridized carbons (Fsp3) is 0.364. The molecular weight excluding hydrogens is 473 g/mol.